The molecule has 1 amide bonds. The van der Waals surface area contributed by atoms with E-state index < -0.39 is 0 Å². The molecule has 0 radical (unpaired) electrons. The van der Waals surface area contributed by atoms with Crippen LogP contribution in [-0.4, -0.2) is 12.5 Å². The first-order chi connectivity index (χ1) is 8.08. The molecule has 0 aromatic heterocycles. The molecule has 1 rings (SSSR count). The molecule has 0 atom stereocenters. The molecule has 0 heterocycles. The average molecular weight is 302 g/mol. The molecule has 0 bridgehead atoms. The van der Waals surface area contributed by atoms with E-state index in [1.54, 1.807) is 0 Å². The highest BCUT2D eigenvalue weighted by atomic mass is 79.9. The minimum atomic E-state index is -0.360. The van der Waals surface area contributed by atoms with E-state index in [2.05, 4.69) is 35.1 Å². The largest absolute Gasteiger partial charge is 0.352 e. The number of carbonyl (C=O) groups excluding carboxylic acids is 1. The lowest BCUT2D eigenvalue weighted by Gasteiger charge is -2.13. The van der Waals surface area contributed by atoms with Gasteiger partial charge in [-0.1, -0.05) is 26.7 Å². The van der Waals surface area contributed by atoms with Gasteiger partial charge in [-0.25, -0.2) is 4.39 Å². The summed E-state index contributed by atoms with van der Waals surface area (Å²) in [5.74, 6) is -0.0121. The van der Waals surface area contributed by atoms with E-state index in [1.165, 1.54) is 18.2 Å². The Hall–Kier alpha value is -0.900. The zero-order valence-electron chi connectivity index (χ0n) is 10.1. The van der Waals surface area contributed by atoms with Gasteiger partial charge >= 0.3 is 0 Å². The number of hydrogen-bond acceptors (Lipinski definition) is 1. The van der Waals surface area contributed by atoms with Crippen molar-refractivity contribution in [3.63, 3.8) is 0 Å². The van der Waals surface area contributed by atoms with Gasteiger partial charge in [-0.15, -0.1) is 0 Å². The standard InChI is InChI=1S/C13H17BrFNO/c1-3-9(4-2)8-16-13(17)10-5-6-12(15)11(14)7-10/h5-7,9H,3-4,8H2,1-2H3,(H,16,17). The quantitative estimate of drug-likeness (QED) is 0.881. The van der Waals surface area contributed by atoms with E-state index in [-0.39, 0.29) is 11.7 Å². The summed E-state index contributed by atoms with van der Waals surface area (Å²) in [4.78, 5) is 11.8. The second kappa shape index (κ2) is 6.74. The van der Waals surface area contributed by atoms with Gasteiger partial charge in [0.05, 0.1) is 4.47 Å². The average Bonchev–Trinajstić information content (AvgIpc) is 2.33. The van der Waals surface area contributed by atoms with Gasteiger partial charge in [0, 0.05) is 12.1 Å². The molecule has 94 valence electrons. The van der Waals surface area contributed by atoms with E-state index in [0.29, 0.717) is 22.5 Å². The second-order valence-electron chi connectivity index (χ2n) is 4.02. The highest BCUT2D eigenvalue weighted by Gasteiger charge is 2.10. The third-order valence-electron chi connectivity index (χ3n) is 2.89. The molecule has 17 heavy (non-hydrogen) atoms. The summed E-state index contributed by atoms with van der Waals surface area (Å²) < 4.78 is 13.3. The lowest BCUT2D eigenvalue weighted by molar-refractivity contribution is 0.0946. The first-order valence-electron chi connectivity index (χ1n) is 5.81. The second-order valence-corrected chi connectivity index (χ2v) is 4.88. The Balaban J connectivity index is 2.61. The predicted molar refractivity (Wildman–Crippen MR) is 70.5 cm³/mol. The molecule has 1 aromatic rings. The zero-order valence-corrected chi connectivity index (χ0v) is 11.7. The molecular weight excluding hydrogens is 285 g/mol. The van der Waals surface area contributed by atoms with E-state index in [4.69, 9.17) is 0 Å². The van der Waals surface area contributed by atoms with Crippen molar-refractivity contribution in [2.75, 3.05) is 6.54 Å². The van der Waals surface area contributed by atoms with Crippen LogP contribution in [0.4, 0.5) is 4.39 Å². The Bertz CT molecular complexity index is 391. The maximum atomic E-state index is 13.0. The molecule has 4 heteroatoms. The molecule has 0 saturated carbocycles. The zero-order chi connectivity index (χ0) is 12.8. The molecule has 0 aliphatic heterocycles. The van der Waals surface area contributed by atoms with Crippen molar-refractivity contribution in [2.45, 2.75) is 26.7 Å². The molecule has 1 N–H and O–H groups in total. The minimum Gasteiger partial charge on any atom is -0.352 e. The van der Waals surface area contributed by atoms with Crippen LogP contribution >= 0.6 is 15.9 Å². The molecular formula is C13H17BrFNO. The number of halogens is 2. The third kappa shape index (κ3) is 4.11. The van der Waals surface area contributed by atoms with Crippen LogP contribution in [0.5, 0.6) is 0 Å². The van der Waals surface area contributed by atoms with Crippen LogP contribution in [0, 0.1) is 11.7 Å². The highest BCUT2D eigenvalue weighted by molar-refractivity contribution is 9.10. The molecule has 2 nitrogen and oxygen atoms in total. The van der Waals surface area contributed by atoms with Crippen molar-refractivity contribution in [2.24, 2.45) is 5.92 Å². The maximum absolute atomic E-state index is 13.0. The van der Waals surface area contributed by atoms with Crippen molar-refractivity contribution >= 4 is 21.8 Å². The number of hydrogen-bond donors (Lipinski definition) is 1. The third-order valence-corrected chi connectivity index (χ3v) is 3.50. The van der Waals surface area contributed by atoms with Crippen LogP contribution in [-0.2, 0) is 0 Å². The fraction of sp³-hybridized carbons (Fsp3) is 0.462. The monoisotopic (exact) mass is 301 g/mol. The number of carbonyl (C=O) groups is 1. The van der Waals surface area contributed by atoms with E-state index in [1.807, 2.05) is 0 Å². The van der Waals surface area contributed by atoms with Gasteiger partial charge < -0.3 is 5.32 Å². The normalized spacial score (nSPS) is 10.6. The predicted octanol–water partition coefficient (Wildman–Crippen LogP) is 3.75. The maximum Gasteiger partial charge on any atom is 0.251 e. The number of benzene rings is 1. The van der Waals surface area contributed by atoms with Crippen molar-refractivity contribution < 1.29 is 9.18 Å². The van der Waals surface area contributed by atoms with Gasteiger partial charge in [0.25, 0.3) is 5.91 Å². The van der Waals surface area contributed by atoms with Gasteiger partial charge in [-0.3, -0.25) is 4.79 Å². The van der Waals surface area contributed by atoms with Crippen molar-refractivity contribution in [3.05, 3.63) is 34.1 Å². The summed E-state index contributed by atoms with van der Waals surface area (Å²) in [5.41, 5.74) is 0.476. The van der Waals surface area contributed by atoms with Gasteiger partial charge in [-0.05, 0) is 40.0 Å². The van der Waals surface area contributed by atoms with Crippen LogP contribution in [0.2, 0.25) is 0 Å². The smallest absolute Gasteiger partial charge is 0.251 e. The summed E-state index contributed by atoms with van der Waals surface area (Å²) in [6.45, 7) is 4.88. The summed E-state index contributed by atoms with van der Waals surface area (Å²) in [7, 11) is 0. The molecule has 0 fully saturated rings. The molecule has 0 saturated heterocycles. The van der Waals surface area contributed by atoms with E-state index in [0.717, 1.165) is 12.8 Å². The minimum absolute atomic E-state index is 0.155. The van der Waals surface area contributed by atoms with Crippen molar-refractivity contribution in [3.8, 4) is 0 Å². The lowest BCUT2D eigenvalue weighted by atomic mass is 10.0. The fourth-order valence-electron chi connectivity index (χ4n) is 1.55. The Kier molecular flexibility index (Phi) is 5.62. The number of rotatable bonds is 5. The molecule has 0 spiro atoms. The van der Waals surface area contributed by atoms with Crippen LogP contribution in [0.1, 0.15) is 37.0 Å². The first kappa shape index (κ1) is 14.2. The van der Waals surface area contributed by atoms with Crippen molar-refractivity contribution in [1.29, 1.82) is 0 Å². The van der Waals surface area contributed by atoms with Crippen LogP contribution in [0.25, 0.3) is 0 Å². The molecule has 1 aromatic carbocycles. The topological polar surface area (TPSA) is 29.1 Å². The van der Waals surface area contributed by atoms with Gasteiger partial charge in [0.2, 0.25) is 0 Å². The molecule has 0 unspecified atom stereocenters. The van der Waals surface area contributed by atoms with Gasteiger partial charge in [0.1, 0.15) is 5.82 Å². The van der Waals surface area contributed by atoms with Crippen molar-refractivity contribution in [1.82, 2.24) is 5.32 Å². The highest BCUT2D eigenvalue weighted by Crippen LogP contribution is 2.16. The summed E-state index contributed by atoms with van der Waals surface area (Å²) >= 11 is 3.07. The summed E-state index contributed by atoms with van der Waals surface area (Å²) in [6, 6.07) is 4.27. The Morgan fingerprint density at radius 1 is 1.41 bits per heavy atom. The summed E-state index contributed by atoms with van der Waals surface area (Å²) in [6.07, 6.45) is 2.09. The van der Waals surface area contributed by atoms with Gasteiger partial charge in [-0.2, -0.15) is 0 Å². The van der Waals surface area contributed by atoms with Gasteiger partial charge in [0.15, 0.2) is 0 Å². The number of amides is 1. The summed E-state index contributed by atoms with van der Waals surface area (Å²) in [5, 5.41) is 2.87. The van der Waals surface area contributed by atoms with Crippen LogP contribution < -0.4 is 5.32 Å². The Morgan fingerprint density at radius 2 is 2.06 bits per heavy atom. The SMILES string of the molecule is CCC(CC)CNC(=O)c1ccc(F)c(Br)c1. The Labute approximate surface area is 110 Å². The van der Waals surface area contributed by atoms with Crippen LogP contribution in [0.15, 0.2) is 22.7 Å². The number of nitrogens with one attached hydrogen (secondary N) is 1. The lowest BCUT2D eigenvalue weighted by Crippen LogP contribution is -2.28. The molecule has 0 aliphatic rings. The van der Waals surface area contributed by atoms with E-state index in [9.17, 15) is 9.18 Å². The van der Waals surface area contributed by atoms with Crippen LogP contribution in [0.3, 0.4) is 0 Å². The first-order valence-corrected chi connectivity index (χ1v) is 6.61. The van der Waals surface area contributed by atoms with E-state index >= 15 is 0 Å². The Morgan fingerprint density at radius 3 is 2.59 bits per heavy atom. The molecule has 0 aliphatic carbocycles. The fourth-order valence-corrected chi connectivity index (χ4v) is 1.93.